The standard InChI is InChI=1S/C27H28FN5O2.CH3NO/c28-24-8-12-26(13-9-24)35-25-10-6-22(7-11-25)14-16-32(18-23-4-2-1-3-5-23)17-15-30-27(34)19-33-21-29-20-31-33;2-1-3/h1-13,20-21H,14-19H2,(H,30,34);1H,(H2,2,3). The van der Waals surface area contributed by atoms with Gasteiger partial charge in [-0.25, -0.2) is 14.1 Å². The zero-order chi connectivity index (χ0) is 27.0. The molecule has 9 nitrogen and oxygen atoms in total. The lowest BCUT2D eigenvalue weighted by Gasteiger charge is -2.23. The second-order valence-corrected chi connectivity index (χ2v) is 8.29. The first kappa shape index (κ1) is 28.0. The number of amides is 2. The van der Waals surface area contributed by atoms with Crippen molar-refractivity contribution in [2.24, 2.45) is 5.73 Å². The second kappa shape index (κ2) is 15.5. The molecule has 4 rings (SSSR count). The molecule has 198 valence electrons. The van der Waals surface area contributed by atoms with Crippen LogP contribution in [0.2, 0.25) is 0 Å². The molecule has 0 saturated heterocycles. The molecule has 38 heavy (non-hydrogen) atoms. The minimum atomic E-state index is -0.289. The first-order valence-electron chi connectivity index (χ1n) is 12.1. The molecule has 0 bridgehead atoms. The fraction of sp³-hybridized carbons (Fsp3) is 0.214. The van der Waals surface area contributed by atoms with Crippen LogP contribution in [0.25, 0.3) is 0 Å². The largest absolute Gasteiger partial charge is 0.457 e. The van der Waals surface area contributed by atoms with Gasteiger partial charge in [-0.1, -0.05) is 42.5 Å². The predicted octanol–water partition coefficient (Wildman–Crippen LogP) is 3.17. The van der Waals surface area contributed by atoms with E-state index in [1.54, 1.807) is 12.1 Å². The summed E-state index contributed by atoms with van der Waals surface area (Å²) in [6.07, 6.45) is 4.05. The Morgan fingerprint density at radius 2 is 1.63 bits per heavy atom. The average Bonchev–Trinajstić information content (AvgIpc) is 3.43. The zero-order valence-electron chi connectivity index (χ0n) is 20.9. The lowest BCUT2D eigenvalue weighted by molar-refractivity contribution is -0.121. The number of benzene rings is 3. The van der Waals surface area contributed by atoms with Gasteiger partial charge in [-0.15, -0.1) is 0 Å². The van der Waals surface area contributed by atoms with Crippen LogP contribution in [-0.4, -0.2) is 51.6 Å². The monoisotopic (exact) mass is 518 g/mol. The normalized spacial score (nSPS) is 10.4. The fourth-order valence-electron chi connectivity index (χ4n) is 3.63. The molecule has 0 atom stereocenters. The van der Waals surface area contributed by atoms with Crippen LogP contribution in [0.3, 0.4) is 0 Å². The van der Waals surface area contributed by atoms with E-state index in [4.69, 9.17) is 9.53 Å². The molecule has 0 aliphatic heterocycles. The van der Waals surface area contributed by atoms with Crippen molar-refractivity contribution in [3.8, 4) is 11.5 Å². The molecule has 0 saturated carbocycles. The van der Waals surface area contributed by atoms with Crippen LogP contribution in [-0.2, 0) is 29.1 Å². The van der Waals surface area contributed by atoms with Gasteiger partial charge in [0, 0.05) is 26.2 Å². The van der Waals surface area contributed by atoms with Gasteiger partial charge in [-0.2, -0.15) is 5.10 Å². The number of hydrogen-bond donors (Lipinski definition) is 2. The van der Waals surface area contributed by atoms with Gasteiger partial charge in [-0.3, -0.25) is 14.5 Å². The maximum absolute atomic E-state index is 13.1. The first-order chi connectivity index (χ1) is 18.6. The number of hydrogen-bond acceptors (Lipinski definition) is 6. The highest BCUT2D eigenvalue weighted by Crippen LogP contribution is 2.22. The summed E-state index contributed by atoms with van der Waals surface area (Å²) in [5.41, 5.74) is 6.58. The Bertz CT molecular complexity index is 1220. The van der Waals surface area contributed by atoms with Crippen LogP contribution in [0.15, 0.2) is 91.5 Å². The summed E-state index contributed by atoms with van der Waals surface area (Å²) in [7, 11) is 0. The highest BCUT2D eigenvalue weighted by atomic mass is 19.1. The highest BCUT2D eigenvalue weighted by Gasteiger charge is 2.09. The van der Waals surface area contributed by atoms with Crippen molar-refractivity contribution >= 4 is 12.3 Å². The maximum Gasteiger partial charge on any atom is 0.241 e. The van der Waals surface area contributed by atoms with Crippen molar-refractivity contribution in [1.29, 1.82) is 0 Å². The number of nitrogens with zero attached hydrogens (tertiary/aromatic N) is 4. The Morgan fingerprint density at radius 3 is 2.26 bits per heavy atom. The molecular formula is C28H31FN6O3. The third-order valence-corrected chi connectivity index (χ3v) is 5.46. The summed E-state index contributed by atoms with van der Waals surface area (Å²) in [5.74, 6) is 0.921. The van der Waals surface area contributed by atoms with E-state index in [2.05, 4.69) is 38.2 Å². The number of aromatic nitrogens is 3. The number of halogens is 1. The van der Waals surface area contributed by atoms with Gasteiger partial charge >= 0.3 is 0 Å². The number of rotatable bonds is 12. The van der Waals surface area contributed by atoms with E-state index >= 15 is 0 Å². The number of nitrogens with one attached hydrogen (secondary N) is 1. The molecule has 1 heterocycles. The Morgan fingerprint density at radius 1 is 0.974 bits per heavy atom. The number of ether oxygens (including phenoxy) is 1. The Labute approximate surface area is 221 Å². The fourth-order valence-corrected chi connectivity index (χ4v) is 3.63. The van der Waals surface area contributed by atoms with Gasteiger partial charge in [-0.05, 0) is 53.9 Å². The highest BCUT2D eigenvalue weighted by molar-refractivity contribution is 5.75. The molecule has 0 fully saturated rings. The van der Waals surface area contributed by atoms with E-state index in [-0.39, 0.29) is 24.7 Å². The van der Waals surface area contributed by atoms with Gasteiger partial charge in [0.15, 0.2) is 0 Å². The molecule has 0 aliphatic carbocycles. The lowest BCUT2D eigenvalue weighted by Crippen LogP contribution is -2.37. The smallest absolute Gasteiger partial charge is 0.241 e. The number of carbonyl (C=O) groups is 2. The quantitative estimate of drug-likeness (QED) is 0.279. The summed E-state index contributed by atoms with van der Waals surface area (Å²) >= 11 is 0. The van der Waals surface area contributed by atoms with Crippen LogP contribution in [0.1, 0.15) is 11.1 Å². The summed E-state index contributed by atoms with van der Waals surface area (Å²) in [5, 5.41) is 6.92. The van der Waals surface area contributed by atoms with Crippen molar-refractivity contribution in [2.45, 2.75) is 19.5 Å². The Hall–Kier alpha value is -4.57. The summed E-state index contributed by atoms with van der Waals surface area (Å²) in [6, 6.07) is 24.2. The molecule has 10 heteroatoms. The third kappa shape index (κ3) is 10.2. The molecule has 3 N–H and O–H groups in total. The zero-order valence-corrected chi connectivity index (χ0v) is 20.9. The van der Waals surface area contributed by atoms with Crippen LogP contribution in [0.5, 0.6) is 11.5 Å². The summed E-state index contributed by atoms with van der Waals surface area (Å²) in [4.78, 5) is 26.9. The van der Waals surface area contributed by atoms with E-state index in [9.17, 15) is 9.18 Å². The van der Waals surface area contributed by atoms with Crippen molar-refractivity contribution in [1.82, 2.24) is 25.0 Å². The van der Waals surface area contributed by atoms with Crippen LogP contribution in [0.4, 0.5) is 4.39 Å². The SMILES string of the molecule is NC=O.O=C(Cn1cncn1)NCCN(CCc1ccc(Oc2ccc(F)cc2)cc1)Cc1ccccc1. The van der Waals surface area contributed by atoms with Crippen molar-refractivity contribution in [3.63, 3.8) is 0 Å². The van der Waals surface area contributed by atoms with E-state index in [1.807, 2.05) is 42.5 Å². The van der Waals surface area contributed by atoms with Gasteiger partial charge < -0.3 is 15.8 Å². The van der Waals surface area contributed by atoms with Crippen LogP contribution < -0.4 is 15.8 Å². The minimum Gasteiger partial charge on any atom is -0.457 e. The summed E-state index contributed by atoms with van der Waals surface area (Å²) in [6.45, 7) is 3.07. The van der Waals surface area contributed by atoms with Gasteiger partial charge in [0.2, 0.25) is 12.3 Å². The number of carbonyl (C=O) groups excluding carboxylic acids is 2. The van der Waals surface area contributed by atoms with E-state index in [0.717, 1.165) is 26.1 Å². The van der Waals surface area contributed by atoms with Crippen LogP contribution >= 0.6 is 0 Å². The van der Waals surface area contributed by atoms with E-state index in [0.29, 0.717) is 18.0 Å². The van der Waals surface area contributed by atoms with Crippen LogP contribution in [0, 0.1) is 5.82 Å². The van der Waals surface area contributed by atoms with Crippen molar-refractivity contribution < 1.29 is 18.7 Å². The second-order valence-electron chi connectivity index (χ2n) is 8.29. The van der Waals surface area contributed by atoms with Gasteiger partial charge in [0.25, 0.3) is 0 Å². The molecule has 3 aromatic carbocycles. The molecule has 0 aliphatic rings. The minimum absolute atomic E-state index is 0.0908. The lowest BCUT2D eigenvalue weighted by atomic mass is 10.1. The topological polar surface area (TPSA) is 115 Å². The molecule has 0 spiro atoms. The summed E-state index contributed by atoms with van der Waals surface area (Å²) < 4.78 is 20.4. The molecule has 1 aromatic heterocycles. The molecule has 0 radical (unpaired) electrons. The Balaban J connectivity index is 0.00000127. The van der Waals surface area contributed by atoms with Gasteiger partial charge in [0.1, 0.15) is 36.5 Å². The van der Waals surface area contributed by atoms with E-state index in [1.165, 1.54) is 40.6 Å². The van der Waals surface area contributed by atoms with Crippen molar-refractivity contribution in [2.75, 3.05) is 19.6 Å². The van der Waals surface area contributed by atoms with Crippen molar-refractivity contribution in [3.05, 3.63) is 108 Å². The number of primary amides is 1. The molecule has 4 aromatic rings. The van der Waals surface area contributed by atoms with Gasteiger partial charge in [0.05, 0.1) is 0 Å². The Kier molecular flexibility index (Phi) is 11.4. The molecule has 2 amide bonds. The first-order valence-corrected chi connectivity index (χ1v) is 12.1. The molecule has 0 unspecified atom stereocenters. The average molecular weight is 519 g/mol. The van der Waals surface area contributed by atoms with E-state index < -0.39 is 0 Å². The number of nitrogens with two attached hydrogens (primary N) is 1. The predicted molar refractivity (Wildman–Crippen MR) is 142 cm³/mol. The maximum atomic E-state index is 13.1. The third-order valence-electron chi connectivity index (χ3n) is 5.46. The molecular weight excluding hydrogens is 487 g/mol.